The minimum absolute atomic E-state index is 0.220. The molecule has 0 heterocycles. The van der Waals surface area contributed by atoms with Crippen molar-refractivity contribution in [2.75, 3.05) is 7.11 Å². The van der Waals surface area contributed by atoms with Crippen LogP contribution in [0.1, 0.15) is 44.1 Å². The fourth-order valence-electron chi connectivity index (χ4n) is 2.59. The van der Waals surface area contributed by atoms with Gasteiger partial charge in [-0.1, -0.05) is 12.8 Å². The van der Waals surface area contributed by atoms with Crippen LogP contribution in [0.2, 0.25) is 0 Å². The van der Waals surface area contributed by atoms with Gasteiger partial charge in [-0.05, 0) is 50.0 Å². The maximum absolute atomic E-state index is 10.7. The number of hydrogen-bond donors (Lipinski definition) is 1. The summed E-state index contributed by atoms with van der Waals surface area (Å²) in [5.74, 6) is 0.437. The molecule has 0 atom stereocenters. The Morgan fingerprint density at radius 2 is 1.95 bits per heavy atom. The minimum Gasteiger partial charge on any atom is -0.497 e. The van der Waals surface area contributed by atoms with Crippen LogP contribution in [0.15, 0.2) is 24.3 Å². The molecule has 0 spiro atoms. The maximum atomic E-state index is 10.7. The van der Waals surface area contributed by atoms with Gasteiger partial charge in [0.15, 0.2) is 0 Å². The number of methoxy groups -OCH3 is 1. The molecule has 1 aliphatic rings. The molecule has 1 fully saturated rings. The van der Waals surface area contributed by atoms with E-state index < -0.39 is 5.97 Å². The van der Waals surface area contributed by atoms with Crippen LogP contribution in [0.5, 0.6) is 11.5 Å². The van der Waals surface area contributed by atoms with Gasteiger partial charge in [0.05, 0.1) is 13.2 Å². The molecule has 4 heteroatoms. The van der Waals surface area contributed by atoms with Crippen molar-refractivity contribution < 1.29 is 19.4 Å². The topological polar surface area (TPSA) is 55.8 Å². The maximum Gasteiger partial charge on any atom is 0.328 e. The normalized spacial score (nSPS) is 16.6. The van der Waals surface area contributed by atoms with Gasteiger partial charge in [0.25, 0.3) is 0 Å². The number of carbonyl (C=O) groups is 1. The zero-order chi connectivity index (χ0) is 15.1. The molecule has 0 aliphatic heterocycles. The first kappa shape index (κ1) is 15.4. The molecular formula is C17H22O4. The van der Waals surface area contributed by atoms with Gasteiger partial charge in [0.2, 0.25) is 0 Å². The Balaban J connectivity index is 2.17. The van der Waals surface area contributed by atoms with Gasteiger partial charge < -0.3 is 14.6 Å². The fourth-order valence-corrected chi connectivity index (χ4v) is 2.59. The first-order chi connectivity index (χ1) is 10.2. The molecule has 0 saturated heterocycles. The zero-order valence-corrected chi connectivity index (χ0v) is 12.4. The Hall–Kier alpha value is -1.97. The van der Waals surface area contributed by atoms with Gasteiger partial charge in [0, 0.05) is 11.6 Å². The fraction of sp³-hybridized carbons (Fsp3) is 0.471. The minimum atomic E-state index is -0.974. The highest BCUT2D eigenvalue weighted by molar-refractivity contribution is 5.86. The van der Waals surface area contributed by atoms with Crippen LogP contribution in [-0.2, 0) is 4.79 Å². The molecule has 2 rings (SSSR count). The molecule has 114 valence electrons. The van der Waals surface area contributed by atoms with Crippen molar-refractivity contribution in [1.82, 2.24) is 0 Å². The van der Waals surface area contributed by atoms with Gasteiger partial charge >= 0.3 is 5.97 Å². The molecule has 0 radical (unpaired) electrons. The van der Waals surface area contributed by atoms with Crippen LogP contribution >= 0.6 is 0 Å². The van der Waals surface area contributed by atoms with Crippen molar-refractivity contribution in [2.45, 2.75) is 44.6 Å². The van der Waals surface area contributed by atoms with Crippen molar-refractivity contribution in [3.05, 3.63) is 29.8 Å². The third kappa shape index (κ3) is 4.81. The SMILES string of the molecule is COc1ccc(OC2CCCCCC2)c(/C=C/C(=O)O)c1. The van der Waals surface area contributed by atoms with Crippen molar-refractivity contribution >= 4 is 12.0 Å². The number of ether oxygens (including phenoxy) is 2. The van der Waals surface area contributed by atoms with E-state index in [1.165, 1.54) is 25.7 Å². The average molecular weight is 290 g/mol. The van der Waals surface area contributed by atoms with Gasteiger partial charge in [0.1, 0.15) is 11.5 Å². The van der Waals surface area contributed by atoms with Crippen molar-refractivity contribution in [3.8, 4) is 11.5 Å². The summed E-state index contributed by atoms with van der Waals surface area (Å²) in [5.41, 5.74) is 0.737. The number of rotatable bonds is 5. The Bertz CT molecular complexity index is 500. The molecule has 0 aromatic heterocycles. The van der Waals surface area contributed by atoms with Gasteiger partial charge in [-0.2, -0.15) is 0 Å². The average Bonchev–Trinajstić information content (AvgIpc) is 2.74. The molecule has 1 saturated carbocycles. The lowest BCUT2D eigenvalue weighted by atomic mass is 10.1. The highest BCUT2D eigenvalue weighted by Gasteiger charge is 2.15. The molecule has 0 amide bonds. The number of aliphatic carboxylic acids is 1. The third-order valence-electron chi connectivity index (χ3n) is 3.72. The second kappa shape index (κ2) is 7.72. The molecule has 21 heavy (non-hydrogen) atoms. The molecule has 1 aromatic rings. The zero-order valence-electron chi connectivity index (χ0n) is 12.4. The summed E-state index contributed by atoms with van der Waals surface area (Å²) in [6, 6.07) is 5.49. The number of carboxylic acids is 1. The highest BCUT2D eigenvalue weighted by atomic mass is 16.5. The Kier molecular flexibility index (Phi) is 5.67. The van der Waals surface area contributed by atoms with Crippen molar-refractivity contribution in [3.63, 3.8) is 0 Å². The van der Waals surface area contributed by atoms with E-state index in [9.17, 15) is 4.79 Å². The second-order valence-electron chi connectivity index (χ2n) is 5.31. The predicted molar refractivity (Wildman–Crippen MR) is 81.8 cm³/mol. The van der Waals surface area contributed by atoms with Crippen LogP contribution in [0.3, 0.4) is 0 Å². The van der Waals surface area contributed by atoms with E-state index in [2.05, 4.69) is 0 Å². The molecule has 4 nitrogen and oxygen atoms in total. The lowest BCUT2D eigenvalue weighted by molar-refractivity contribution is -0.131. The van der Waals surface area contributed by atoms with Gasteiger partial charge in [-0.3, -0.25) is 0 Å². The number of hydrogen-bond acceptors (Lipinski definition) is 3. The lowest BCUT2D eigenvalue weighted by Gasteiger charge is -2.19. The molecule has 0 bridgehead atoms. The highest BCUT2D eigenvalue weighted by Crippen LogP contribution is 2.29. The quantitative estimate of drug-likeness (QED) is 0.660. The largest absolute Gasteiger partial charge is 0.497 e. The van der Waals surface area contributed by atoms with Crippen LogP contribution in [0, 0.1) is 0 Å². The first-order valence-electron chi connectivity index (χ1n) is 7.45. The van der Waals surface area contributed by atoms with Crippen LogP contribution in [0.4, 0.5) is 0 Å². The Labute approximate surface area is 125 Å². The van der Waals surface area contributed by atoms with Crippen LogP contribution in [-0.4, -0.2) is 24.3 Å². The third-order valence-corrected chi connectivity index (χ3v) is 3.72. The van der Waals surface area contributed by atoms with E-state index in [0.717, 1.165) is 30.2 Å². The van der Waals surface area contributed by atoms with E-state index in [4.69, 9.17) is 14.6 Å². The van der Waals surface area contributed by atoms with E-state index in [1.54, 1.807) is 19.3 Å². The van der Waals surface area contributed by atoms with E-state index in [-0.39, 0.29) is 6.10 Å². The summed E-state index contributed by atoms with van der Waals surface area (Å²) >= 11 is 0. The Morgan fingerprint density at radius 1 is 1.24 bits per heavy atom. The lowest BCUT2D eigenvalue weighted by Crippen LogP contribution is -2.15. The van der Waals surface area contributed by atoms with E-state index >= 15 is 0 Å². The number of benzene rings is 1. The standard InChI is InChI=1S/C17H22O4/c1-20-15-9-10-16(13(12-15)8-11-17(18)19)21-14-6-4-2-3-5-7-14/h8-12,14H,2-7H2,1H3,(H,18,19)/b11-8+. The molecule has 0 unspecified atom stereocenters. The predicted octanol–water partition coefficient (Wildman–Crippen LogP) is 3.89. The number of carboxylic acid groups (broad SMARTS) is 1. The molecule has 1 aliphatic carbocycles. The molecule has 1 N–H and O–H groups in total. The van der Waals surface area contributed by atoms with Crippen LogP contribution < -0.4 is 9.47 Å². The summed E-state index contributed by atoms with van der Waals surface area (Å²) in [6.45, 7) is 0. The van der Waals surface area contributed by atoms with E-state index in [0.29, 0.717) is 5.75 Å². The van der Waals surface area contributed by atoms with Gasteiger partial charge in [-0.25, -0.2) is 4.79 Å². The second-order valence-corrected chi connectivity index (χ2v) is 5.31. The molecular weight excluding hydrogens is 268 g/mol. The van der Waals surface area contributed by atoms with Gasteiger partial charge in [-0.15, -0.1) is 0 Å². The summed E-state index contributed by atoms with van der Waals surface area (Å²) < 4.78 is 11.3. The van der Waals surface area contributed by atoms with Crippen LogP contribution in [0.25, 0.3) is 6.08 Å². The van der Waals surface area contributed by atoms with Crippen molar-refractivity contribution in [2.24, 2.45) is 0 Å². The summed E-state index contributed by atoms with van der Waals surface area (Å²) in [6.07, 6.45) is 9.95. The Morgan fingerprint density at radius 3 is 2.57 bits per heavy atom. The monoisotopic (exact) mass is 290 g/mol. The first-order valence-corrected chi connectivity index (χ1v) is 7.45. The summed E-state index contributed by atoms with van der Waals surface area (Å²) in [7, 11) is 1.59. The van der Waals surface area contributed by atoms with Crippen molar-refractivity contribution in [1.29, 1.82) is 0 Å². The van der Waals surface area contributed by atoms with E-state index in [1.807, 2.05) is 12.1 Å². The molecule has 1 aromatic carbocycles. The smallest absolute Gasteiger partial charge is 0.328 e. The summed E-state index contributed by atoms with van der Waals surface area (Å²) in [4.78, 5) is 10.7. The summed E-state index contributed by atoms with van der Waals surface area (Å²) in [5, 5.41) is 8.79.